The molecule has 0 fully saturated rings. The van der Waals surface area contributed by atoms with E-state index >= 15 is 0 Å². The first kappa shape index (κ1) is 19.0. The molecule has 0 rings (SSSR count). The Kier molecular flexibility index (Phi) is 16.4. The van der Waals surface area contributed by atoms with Crippen LogP contribution in [0.5, 0.6) is 0 Å². The molecule has 0 aliphatic carbocycles. The molecule has 0 aliphatic heterocycles. The SMILES string of the molecule is CC(=O)NC(CS)C(=O)O.[H-].[H-].[Na+].[Na+]. The fraction of sp³-hybridized carbons (Fsp3) is 0.600. The molecular weight excluding hydrogens is 200 g/mol. The van der Waals surface area contributed by atoms with Crippen molar-refractivity contribution in [2.45, 2.75) is 13.0 Å². The van der Waals surface area contributed by atoms with Gasteiger partial charge in [0, 0.05) is 12.7 Å². The quantitative estimate of drug-likeness (QED) is 0.321. The number of carboxylic acid groups (broad SMARTS) is 1. The molecule has 12 heavy (non-hydrogen) atoms. The molecule has 0 spiro atoms. The number of hydrogen-bond acceptors (Lipinski definition) is 3. The minimum atomic E-state index is -1.06. The molecule has 0 aromatic rings. The average Bonchev–Trinajstić information content (AvgIpc) is 1.81. The number of carbonyl (C=O) groups excluding carboxylic acids is 1. The van der Waals surface area contributed by atoms with Crippen LogP contribution in [-0.4, -0.2) is 28.8 Å². The summed E-state index contributed by atoms with van der Waals surface area (Å²) in [7, 11) is 0. The van der Waals surface area contributed by atoms with E-state index in [0.29, 0.717) is 0 Å². The van der Waals surface area contributed by atoms with Gasteiger partial charge < -0.3 is 13.3 Å². The molecule has 0 heterocycles. The molecule has 2 N–H and O–H groups in total. The maximum Gasteiger partial charge on any atom is 1.00 e. The van der Waals surface area contributed by atoms with Crippen molar-refractivity contribution in [2.75, 3.05) is 5.75 Å². The summed E-state index contributed by atoms with van der Waals surface area (Å²) in [6.45, 7) is 1.26. The largest absolute Gasteiger partial charge is 1.00 e. The van der Waals surface area contributed by atoms with E-state index in [4.69, 9.17) is 5.11 Å². The number of nitrogens with one attached hydrogen (secondary N) is 1. The summed E-state index contributed by atoms with van der Waals surface area (Å²) in [5, 5.41) is 10.6. The molecule has 0 bridgehead atoms. The average molecular weight is 211 g/mol. The van der Waals surface area contributed by atoms with Crippen LogP contribution in [0.2, 0.25) is 0 Å². The van der Waals surface area contributed by atoms with E-state index < -0.39 is 12.0 Å². The van der Waals surface area contributed by atoms with Crippen LogP contribution >= 0.6 is 12.6 Å². The number of amides is 1. The first-order chi connectivity index (χ1) is 4.57. The van der Waals surface area contributed by atoms with E-state index in [1.54, 1.807) is 0 Å². The molecule has 0 aromatic carbocycles. The zero-order valence-corrected chi connectivity index (χ0v) is 12.4. The number of carbonyl (C=O) groups is 2. The van der Waals surface area contributed by atoms with Gasteiger partial charge >= 0.3 is 65.1 Å². The van der Waals surface area contributed by atoms with Crippen LogP contribution in [0, 0.1) is 0 Å². The zero-order chi connectivity index (χ0) is 8.15. The molecule has 7 heteroatoms. The van der Waals surface area contributed by atoms with Crippen LogP contribution in [0.3, 0.4) is 0 Å². The first-order valence-corrected chi connectivity index (χ1v) is 3.32. The molecule has 4 nitrogen and oxygen atoms in total. The minimum Gasteiger partial charge on any atom is -1.00 e. The third-order valence-corrected chi connectivity index (χ3v) is 1.22. The summed E-state index contributed by atoms with van der Waals surface area (Å²) >= 11 is 3.73. The number of carboxylic acids is 1. The molecule has 1 atom stereocenters. The Morgan fingerprint density at radius 2 is 2.00 bits per heavy atom. The van der Waals surface area contributed by atoms with Gasteiger partial charge in [-0.25, -0.2) is 4.79 Å². The molecule has 0 saturated carbocycles. The first-order valence-electron chi connectivity index (χ1n) is 2.68. The standard InChI is InChI=1S/C5H9NO3S.2Na.2H/c1-3(7)6-4(2-10)5(8)9;;;;/h4,10H,2H2,1H3,(H,6,7)(H,8,9);;;;/q;2*+1;2*-1. The van der Waals surface area contributed by atoms with Gasteiger partial charge in [0.25, 0.3) is 0 Å². The third-order valence-electron chi connectivity index (χ3n) is 0.858. The third kappa shape index (κ3) is 9.38. The molecule has 0 radical (unpaired) electrons. The molecule has 1 amide bonds. The van der Waals surface area contributed by atoms with Gasteiger partial charge in [0.15, 0.2) is 0 Å². The zero-order valence-electron chi connectivity index (χ0n) is 9.50. The van der Waals surface area contributed by atoms with Gasteiger partial charge in [-0.3, -0.25) is 4.79 Å². The van der Waals surface area contributed by atoms with E-state index in [1.165, 1.54) is 6.92 Å². The Balaban J connectivity index is -0.0000000675. The number of aliphatic carboxylic acids is 1. The number of thiol groups is 1. The molecular formula is C5H11NNa2O3S. The van der Waals surface area contributed by atoms with Gasteiger partial charge in [-0.2, -0.15) is 12.6 Å². The van der Waals surface area contributed by atoms with Crippen LogP contribution in [0.25, 0.3) is 0 Å². The van der Waals surface area contributed by atoms with Crippen LogP contribution in [-0.2, 0) is 9.59 Å². The maximum absolute atomic E-state index is 10.3. The summed E-state index contributed by atoms with van der Waals surface area (Å²) in [5.41, 5.74) is 0. The summed E-state index contributed by atoms with van der Waals surface area (Å²) in [4.78, 5) is 20.5. The molecule has 62 valence electrons. The van der Waals surface area contributed by atoms with Gasteiger partial charge in [-0.1, -0.05) is 0 Å². The monoisotopic (exact) mass is 211 g/mol. The second-order valence-electron chi connectivity index (χ2n) is 1.77. The van der Waals surface area contributed by atoms with Gasteiger partial charge in [-0.15, -0.1) is 0 Å². The van der Waals surface area contributed by atoms with Crippen molar-refractivity contribution >= 4 is 24.5 Å². The fourth-order valence-corrected chi connectivity index (χ4v) is 0.678. The van der Waals surface area contributed by atoms with Crippen molar-refractivity contribution < 1.29 is 76.7 Å². The minimum absolute atomic E-state index is 0. The summed E-state index contributed by atoms with van der Waals surface area (Å²) in [6, 6.07) is -0.874. The van der Waals surface area contributed by atoms with Crippen molar-refractivity contribution in [3.63, 3.8) is 0 Å². The van der Waals surface area contributed by atoms with Gasteiger partial charge in [0.1, 0.15) is 6.04 Å². The Morgan fingerprint density at radius 1 is 1.58 bits per heavy atom. The van der Waals surface area contributed by atoms with Gasteiger partial charge in [0.2, 0.25) is 5.91 Å². The normalized spacial score (nSPS) is 10.2. The Bertz CT molecular complexity index is 164. The fourth-order valence-electron chi connectivity index (χ4n) is 0.431. The topological polar surface area (TPSA) is 66.4 Å². The van der Waals surface area contributed by atoms with Gasteiger partial charge in [-0.05, 0) is 0 Å². The number of rotatable bonds is 3. The Morgan fingerprint density at radius 3 is 2.08 bits per heavy atom. The van der Waals surface area contributed by atoms with Crippen LogP contribution in [0.15, 0.2) is 0 Å². The molecule has 0 aromatic heterocycles. The van der Waals surface area contributed by atoms with Gasteiger partial charge in [0.05, 0.1) is 0 Å². The van der Waals surface area contributed by atoms with Crippen molar-refractivity contribution in [2.24, 2.45) is 0 Å². The molecule has 1 unspecified atom stereocenters. The van der Waals surface area contributed by atoms with Crippen molar-refractivity contribution in [1.29, 1.82) is 0 Å². The summed E-state index contributed by atoms with van der Waals surface area (Å²) in [6.07, 6.45) is 0. The number of hydrogen-bond donors (Lipinski definition) is 3. The molecule has 0 aliphatic rings. The second kappa shape index (κ2) is 10.4. The predicted molar refractivity (Wildman–Crippen MR) is 41.3 cm³/mol. The van der Waals surface area contributed by atoms with E-state index in [2.05, 4.69) is 17.9 Å². The van der Waals surface area contributed by atoms with Crippen LogP contribution < -0.4 is 64.4 Å². The van der Waals surface area contributed by atoms with E-state index in [-0.39, 0.29) is 73.6 Å². The van der Waals surface area contributed by atoms with Crippen molar-refractivity contribution in [3.05, 3.63) is 0 Å². The Hall–Kier alpha value is 1.29. The van der Waals surface area contributed by atoms with Crippen LogP contribution in [0.1, 0.15) is 9.78 Å². The van der Waals surface area contributed by atoms with E-state index in [9.17, 15) is 9.59 Å². The smallest absolute Gasteiger partial charge is 1.00 e. The van der Waals surface area contributed by atoms with Crippen molar-refractivity contribution in [1.82, 2.24) is 5.32 Å². The summed E-state index contributed by atoms with van der Waals surface area (Å²) in [5.74, 6) is -1.32. The Labute approximate surface area is 124 Å². The van der Waals surface area contributed by atoms with Crippen LogP contribution in [0.4, 0.5) is 0 Å². The summed E-state index contributed by atoms with van der Waals surface area (Å²) < 4.78 is 0. The second-order valence-corrected chi connectivity index (χ2v) is 2.14. The van der Waals surface area contributed by atoms with Crippen molar-refractivity contribution in [3.8, 4) is 0 Å². The predicted octanol–water partition coefficient (Wildman–Crippen LogP) is -6.26. The van der Waals surface area contributed by atoms with E-state index in [0.717, 1.165) is 0 Å². The van der Waals surface area contributed by atoms with E-state index in [1.807, 2.05) is 0 Å². The molecule has 0 saturated heterocycles. The maximum atomic E-state index is 10.3.